The average Bonchev–Trinajstić information content (AvgIpc) is 2.78. The van der Waals surface area contributed by atoms with Gasteiger partial charge < -0.3 is 15.4 Å². The Labute approximate surface area is 171 Å². The van der Waals surface area contributed by atoms with Gasteiger partial charge in [-0.1, -0.05) is 36.4 Å². The molecule has 2 amide bonds. The second-order valence-corrected chi connectivity index (χ2v) is 6.35. The van der Waals surface area contributed by atoms with Crippen molar-refractivity contribution in [3.63, 3.8) is 0 Å². The number of nitrogens with one attached hydrogen (secondary N) is 2. The van der Waals surface area contributed by atoms with Crippen LogP contribution in [-0.2, 0) is 11.4 Å². The molecule has 1 heterocycles. The fourth-order valence-electron chi connectivity index (χ4n) is 2.71. The molecule has 1 aromatic heterocycles. The first-order valence-electron chi connectivity index (χ1n) is 9.08. The summed E-state index contributed by atoms with van der Waals surface area (Å²) in [6, 6.07) is 14.1. The van der Waals surface area contributed by atoms with E-state index in [9.17, 15) is 18.4 Å². The summed E-state index contributed by atoms with van der Waals surface area (Å²) in [5.41, 5.74) is 1.24. The van der Waals surface area contributed by atoms with E-state index in [0.29, 0.717) is 0 Å². The number of amides is 2. The van der Waals surface area contributed by atoms with Crippen molar-refractivity contribution in [2.75, 3.05) is 7.05 Å². The number of halogens is 2. The van der Waals surface area contributed by atoms with Crippen molar-refractivity contribution in [2.45, 2.75) is 12.6 Å². The Morgan fingerprint density at radius 1 is 1.03 bits per heavy atom. The molecule has 3 aromatic rings. The third kappa shape index (κ3) is 5.16. The zero-order valence-electron chi connectivity index (χ0n) is 16.1. The maximum Gasteiger partial charge on any atom is 0.252 e. The molecule has 154 valence electrons. The molecular formula is C22H19F2N3O3. The van der Waals surface area contributed by atoms with Crippen LogP contribution in [0.15, 0.2) is 66.9 Å². The molecule has 0 radical (unpaired) electrons. The number of likely N-dealkylation sites (N-methyl/N-ethyl adjacent to an activating group) is 1. The van der Waals surface area contributed by atoms with Crippen LogP contribution in [0.3, 0.4) is 0 Å². The molecule has 0 saturated carbocycles. The molecule has 0 aliphatic rings. The van der Waals surface area contributed by atoms with Crippen LogP contribution in [-0.4, -0.2) is 23.8 Å². The molecule has 0 aliphatic carbocycles. The normalized spacial score (nSPS) is 11.4. The number of nitrogens with zero attached hydrogens (tertiary/aromatic N) is 1. The van der Waals surface area contributed by atoms with E-state index in [1.54, 1.807) is 0 Å². The summed E-state index contributed by atoms with van der Waals surface area (Å²) in [6.45, 7) is 0.272. The Morgan fingerprint density at radius 3 is 2.50 bits per heavy atom. The number of ether oxygens (including phenoxy) is 1. The SMILES string of the molecule is CNC(=O)C(NC(=O)c1ccnc(OCc2ccccc2)c1)c1ccc(F)c(F)c1. The van der Waals surface area contributed by atoms with Gasteiger partial charge in [-0.15, -0.1) is 0 Å². The molecule has 3 rings (SSSR count). The Bertz CT molecular complexity index is 1040. The summed E-state index contributed by atoms with van der Waals surface area (Å²) < 4.78 is 32.4. The van der Waals surface area contributed by atoms with Crippen LogP contribution in [0.4, 0.5) is 8.78 Å². The van der Waals surface area contributed by atoms with E-state index in [-0.39, 0.29) is 23.6 Å². The Kier molecular flexibility index (Phi) is 6.69. The third-order valence-corrected chi connectivity index (χ3v) is 4.29. The highest BCUT2D eigenvalue weighted by atomic mass is 19.2. The summed E-state index contributed by atoms with van der Waals surface area (Å²) in [5, 5.41) is 4.92. The van der Waals surface area contributed by atoms with Crippen molar-refractivity contribution in [2.24, 2.45) is 0 Å². The standard InChI is InChI=1S/C22H19F2N3O3/c1-25-22(29)20(15-7-8-17(23)18(24)11-15)27-21(28)16-9-10-26-19(12-16)30-13-14-5-3-2-4-6-14/h2-12,20H,13H2,1H3,(H,25,29)(H,27,28). The highest BCUT2D eigenvalue weighted by molar-refractivity contribution is 5.98. The molecule has 2 N–H and O–H groups in total. The summed E-state index contributed by atoms with van der Waals surface area (Å²) in [4.78, 5) is 29.0. The maximum absolute atomic E-state index is 13.6. The maximum atomic E-state index is 13.6. The van der Waals surface area contributed by atoms with E-state index in [4.69, 9.17) is 4.74 Å². The van der Waals surface area contributed by atoms with Gasteiger partial charge in [0.25, 0.3) is 5.91 Å². The van der Waals surface area contributed by atoms with Gasteiger partial charge in [0.05, 0.1) is 0 Å². The Balaban J connectivity index is 1.75. The topological polar surface area (TPSA) is 80.3 Å². The molecule has 0 bridgehead atoms. The van der Waals surface area contributed by atoms with Gasteiger partial charge >= 0.3 is 0 Å². The van der Waals surface area contributed by atoms with Gasteiger partial charge in [0.1, 0.15) is 12.6 Å². The molecule has 2 aromatic carbocycles. The smallest absolute Gasteiger partial charge is 0.252 e. The fraction of sp³-hybridized carbons (Fsp3) is 0.136. The largest absolute Gasteiger partial charge is 0.473 e. The number of hydrogen-bond donors (Lipinski definition) is 2. The van der Waals surface area contributed by atoms with Gasteiger partial charge in [-0.05, 0) is 29.3 Å². The molecule has 6 nitrogen and oxygen atoms in total. The number of aromatic nitrogens is 1. The highest BCUT2D eigenvalue weighted by Gasteiger charge is 2.24. The van der Waals surface area contributed by atoms with Crippen LogP contribution in [0.25, 0.3) is 0 Å². The zero-order valence-corrected chi connectivity index (χ0v) is 16.1. The average molecular weight is 411 g/mol. The van der Waals surface area contributed by atoms with E-state index in [1.165, 1.54) is 31.4 Å². The van der Waals surface area contributed by atoms with Crippen molar-refractivity contribution < 1.29 is 23.1 Å². The van der Waals surface area contributed by atoms with Crippen molar-refractivity contribution in [3.05, 3.63) is 95.2 Å². The molecule has 0 fully saturated rings. The first kappa shape index (κ1) is 20.9. The minimum atomic E-state index is -1.21. The van der Waals surface area contributed by atoms with Crippen LogP contribution in [0.5, 0.6) is 5.88 Å². The van der Waals surface area contributed by atoms with Crippen molar-refractivity contribution in [1.29, 1.82) is 0 Å². The first-order valence-corrected chi connectivity index (χ1v) is 9.08. The number of benzene rings is 2. The van der Waals surface area contributed by atoms with Gasteiger partial charge in [-0.2, -0.15) is 0 Å². The van der Waals surface area contributed by atoms with Crippen LogP contribution < -0.4 is 15.4 Å². The van der Waals surface area contributed by atoms with Gasteiger partial charge in [-0.3, -0.25) is 9.59 Å². The lowest BCUT2D eigenvalue weighted by molar-refractivity contribution is -0.122. The number of hydrogen-bond acceptors (Lipinski definition) is 4. The fourth-order valence-corrected chi connectivity index (χ4v) is 2.71. The lowest BCUT2D eigenvalue weighted by atomic mass is 10.0. The quantitative estimate of drug-likeness (QED) is 0.626. The van der Waals surface area contributed by atoms with Crippen LogP contribution >= 0.6 is 0 Å². The van der Waals surface area contributed by atoms with E-state index in [0.717, 1.165) is 17.7 Å². The lowest BCUT2D eigenvalue weighted by Gasteiger charge is -2.18. The van der Waals surface area contributed by atoms with Crippen molar-refractivity contribution in [1.82, 2.24) is 15.6 Å². The van der Waals surface area contributed by atoms with Gasteiger partial charge in [0, 0.05) is 24.9 Å². The van der Waals surface area contributed by atoms with Crippen LogP contribution in [0.2, 0.25) is 0 Å². The molecule has 0 spiro atoms. The highest BCUT2D eigenvalue weighted by Crippen LogP contribution is 2.18. The third-order valence-electron chi connectivity index (χ3n) is 4.29. The molecule has 1 unspecified atom stereocenters. The Morgan fingerprint density at radius 2 is 1.80 bits per heavy atom. The minimum absolute atomic E-state index is 0.108. The van der Waals surface area contributed by atoms with Crippen LogP contribution in [0.1, 0.15) is 27.5 Å². The summed E-state index contributed by atoms with van der Waals surface area (Å²) in [7, 11) is 1.38. The Hall–Kier alpha value is -3.81. The van der Waals surface area contributed by atoms with E-state index >= 15 is 0 Å². The second kappa shape index (κ2) is 9.60. The molecule has 0 aliphatic heterocycles. The number of rotatable bonds is 7. The van der Waals surface area contributed by atoms with Crippen molar-refractivity contribution in [3.8, 4) is 5.88 Å². The predicted octanol–water partition coefficient (Wildman–Crippen LogP) is 3.16. The summed E-state index contributed by atoms with van der Waals surface area (Å²) in [6.07, 6.45) is 1.40. The van der Waals surface area contributed by atoms with Crippen molar-refractivity contribution >= 4 is 11.8 Å². The molecule has 1 atom stereocenters. The predicted molar refractivity (Wildman–Crippen MR) is 106 cm³/mol. The van der Waals surface area contributed by atoms with E-state index in [2.05, 4.69) is 15.6 Å². The minimum Gasteiger partial charge on any atom is -0.473 e. The molecule has 8 heteroatoms. The van der Waals surface area contributed by atoms with E-state index in [1.807, 2.05) is 30.3 Å². The number of carbonyl (C=O) groups excluding carboxylic acids is 2. The van der Waals surface area contributed by atoms with Gasteiger partial charge in [0.2, 0.25) is 11.8 Å². The van der Waals surface area contributed by atoms with E-state index < -0.39 is 29.5 Å². The summed E-state index contributed by atoms with van der Waals surface area (Å²) >= 11 is 0. The number of carbonyl (C=O) groups is 2. The lowest BCUT2D eigenvalue weighted by Crippen LogP contribution is -2.39. The molecular weight excluding hydrogens is 392 g/mol. The number of pyridine rings is 1. The molecule has 30 heavy (non-hydrogen) atoms. The monoisotopic (exact) mass is 411 g/mol. The van der Waals surface area contributed by atoms with Gasteiger partial charge in [-0.25, -0.2) is 13.8 Å². The van der Waals surface area contributed by atoms with Crippen LogP contribution in [0, 0.1) is 11.6 Å². The second-order valence-electron chi connectivity index (χ2n) is 6.35. The van der Waals surface area contributed by atoms with Gasteiger partial charge in [0.15, 0.2) is 11.6 Å². The zero-order chi connectivity index (χ0) is 21.5. The summed E-state index contributed by atoms with van der Waals surface area (Å²) in [5.74, 6) is -3.11. The first-order chi connectivity index (χ1) is 14.5. The molecule has 0 saturated heterocycles.